The number of nitrogens with zero attached hydrogens (tertiary/aromatic N) is 5. The molecule has 7 heteroatoms. The second-order valence-electron chi connectivity index (χ2n) is 8.51. The molecule has 6 nitrogen and oxygen atoms in total. The number of hydrogen-bond acceptors (Lipinski definition) is 7. The molecule has 0 bridgehead atoms. The zero-order chi connectivity index (χ0) is 21.2. The van der Waals surface area contributed by atoms with Crippen LogP contribution in [0.1, 0.15) is 19.2 Å². The van der Waals surface area contributed by atoms with Crippen LogP contribution in [0.3, 0.4) is 0 Å². The predicted octanol–water partition coefficient (Wildman–Crippen LogP) is 3.72. The standard InChI is InChI=1S/C24H31N5OS/c1-3-27(2)19-9-10-29(15-19)23-22-20(18-7-5-4-6-8-18)17-31-24(22)26-21(25-23)16-28-11-13-30-14-12-28/h4-8,17,19H,3,9-16H2,1-2H3. The van der Waals surface area contributed by atoms with E-state index in [-0.39, 0.29) is 0 Å². The first-order chi connectivity index (χ1) is 15.2. The molecular weight excluding hydrogens is 406 g/mol. The number of anilines is 1. The van der Waals surface area contributed by atoms with Crippen LogP contribution in [0, 0.1) is 0 Å². The van der Waals surface area contributed by atoms with E-state index >= 15 is 0 Å². The molecule has 1 atom stereocenters. The highest BCUT2D eigenvalue weighted by Gasteiger charge is 2.29. The largest absolute Gasteiger partial charge is 0.379 e. The van der Waals surface area contributed by atoms with E-state index in [2.05, 4.69) is 64.4 Å². The SMILES string of the molecule is CCN(C)C1CCN(c2nc(CN3CCOCC3)nc3scc(-c4ccccc4)c23)C1. The van der Waals surface area contributed by atoms with Crippen molar-refractivity contribution in [3.05, 3.63) is 41.5 Å². The molecule has 0 radical (unpaired) electrons. The fraction of sp³-hybridized carbons (Fsp3) is 0.500. The number of benzene rings is 1. The van der Waals surface area contributed by atoms with Gasteiger partial charge in [0, 0.05) is 43.2 Å². The quantitative estimate of drug-likeness (QED) is 0.586. The summed E-state index contributed by atoms with van der Waals surface area (Å²) in [6.07, 6.45) is 1.18. The highest BCUT2D eigenvalue weighted by molar-refractivity contribution is 7.17. The first-order valence-electron chi connectivity index (χ1n) is 11.3. The fourth-order valence-electron chi connectivity index (χ4n) is 4.61. The van der Waals surface area contributed by atoms with Gasteiger partial charge in [-0.05, 0) is 25.6 Å². The Bertz CT molecular complexity index is 1020. The Balaban J connectivity index is 1.55. The average molecular weight is 438 g/mol. The van der Waals surface area contributed by atoms with Crippen LogP contribution in [-0.4, -0.2) is 78.8 Å². The number of likely N-dealkylation sites (N-methyl/N-ethyl adjacent to an activating group) is 1. The smallest absolute Gasteiger partial charge is 0.146 e. The molecule has 0 spiro atoms. The van der Waals surface area contributed by atoms with Crippen molar-refractivity contribution in [2.24, 2.45) is 0 Å². The molecule has 4 heterocycles. The lowest BCUT2D eigenvalue weighted by molar-refractivity contribution is 0.0331. The van der Waals surface area contributed by atoms with Gasteiger partial charge in [0.2, 0.25) is 0 Å². The van der Waals surface area contributed by atoms with E-state index in [4.69, 9.17) is 14.7 Å². The molecule has 1 aromatic carbocycles. The highest BCUT2D eigenvalue weighted by Crippen LogP contribution is 2.39. The summed E-state index contributed by atoms with van der Waals surface area (Å²) in [5.41, 5.74) is 2.49. The van der Waals surface area contributed by atoms with Crippen molar-refractivity contribution >= 4 is 27.4 Å². The molecular formula is C24H31N5OS. The normalized spacial score (nSPS) is 20.2. The van der Waals surface area contributed by atoms with E-state index in [0.29, 0.717) is 6.04 Å². The second kappa shape index (κ2) is 9.20. The highest BCUT2D eigenvalue weighted by atomic mass is 32.1. The molecule has 0 N–H and O–H groups in total. The molecule has 2 fully saturated rings. The summed E-state index contributed by atoms with van der Waals surface area (Å²) >= 11 is 1.74. The number of ether oxygens (including phenoxy) is 1. The third-order valence-electron chi connectivity index (χ3n) is 6.60. The Hall–Kier alpha value is -2.06. The molecule has 2 saturated heterocycles. The van der Waals surface area contributed by atoms with Crippen molar-refractivity contribution < 1.29 is 4.74 Å². The monoisotopic (exact) mass is 437 g/mol. The van der Waals surface area contributed by atoms with Crippen LogP contribution in [0.4, 0.5) is 5.82 Å². The number of rotatable bonds is 6. The summed E-state index contributed by atoms with van der Waals surface area (Å²) in [5.74, 6) is 2.04. The topological polar surface area (TPSA) is 44.7 Å². The van der Waals surface area contributed by atoms with Crippen LogP contribution in [0.25, 0.3) is 21.3 Å². The van der Waals surface area contributed by atoms with Crippen LogP contribution < -0.4 is 4.90 Å². The lowest BCUT2D eigenvalue weighted by Gasteiger charge is -2.27. The van der Waals surface area contributed by atoms with E-state index < -0.39 is 0 Å². The summed E-state index contributed by atoms with van der Waals surface area (Å²) in [6.45, 7) is 9.66. The van der Waals surface area contributed by atoms with Crippen LogP contribution in [0.15, 0.2) is 35.7 Å². The molecule has 164 valence electrons. The first kappa shape index (κ1) is 20.8. The van der Waals surface area contributed by atoms with E-state index in [1.807, 2.05) is 0 Å². The molecule has 31 heavy (non-hydrogen) atoms. The molecule has 2 aromatic heterocycles. The molecule has 5 rings (SSSR count). The second-order valence-corrected chi connectivity index (χ2v) is 9.37. The van der Waals surface area contributed by atoms with Gasteiger partial charge in [-0.2, -0.15) is 0 Å². The minimum Gasteiger partial charge on any atom is -0.379 e. The van der Waals surface area contributed by atoms with Crippen LogP contribution in [0.2, 0.25) is 0 Å². The van der Waals surface area contributed by atoms with Crippen LogP contribution in [0.5, 0.6) is 0 Å². The molecule has 0 saturated carbocycles. The van der Waals surface area contributed by atoms with Gasteiger partial charge in [-0.25, -0.2) is 9.97 Å². The predicted molar refractivity (Wildman–Crippen MR) is 128 cm³/mol. The number of fused-ring (bicyclic) bond motifs is 1. The van der Waals surface area contributed by atoms with Gasteiger partial charge in [0.05, 0.1) is 25.1 Å². The maximum Gasteiger partial charge on any atom is 0.146 e. The Morgan fingerprint density at radius 2 is 1.94 bits per heavy atom. The number of thiophene rings is 1. The molecule has 2 aliphatic rings. The minimum absolute atomic E-state index is 0.580. The van der Waals surface area contributed by atoms with E-state index in [0.717, 1.165) is 69.0 Å². The van der Waals surface area contributed by atoms with E-state index in [9.17, 15) is 0 Å². The van der Waals surface area contributed by atoms with Gasteiger partial charge < -0.3 is 14.5 Å². The lowest BCUT2D eigenvalue weighted by Crippen LogP contribution is -2.36. The van der Waals surface area contributed by atoms with Gasteiger partial charge in [-0.3, -0.25) is 4.90 Å². The van der Waals surface area contributed by atoms with Gasteiger partial charge in [0.15, 0.2) is 0 Å². The molecule has 0 aliphatic carbocycles. The zero-order valence-corrected chi connectivity index (χ0v) is 19.3. The number of morpholine rings is 1. The summed E-state index contributed by atoms with van der Waals surface area (Å²) in [4.78, 5) is 18.6. The molecule has 3 aromatic rings. The Labute approximate surface area is 188 Å². The van der Waals surface area contributed by atoms with Gasteiger partial charge >= 0.3 is 0 Å². The van der Waals surface area contributed by atoms with E-state index in [1.165, 1.54) is 22.9 Å². The third kappa shape index (κ3) is 4.32. The summed E-state index contributed by atoms with van der Waals surface area (Å²) in [7, 11) is 2.23. The van der Waals surface area contributed by atoms with Crippen molar-refractivity contribution in [3.8, 4) is 11.1 Å². The zero-order valence-electron chi connectivity index (χ0n) is 18.5. The van der Waals surface area contributed by atoms with Crippen molar-refractivity contribution in [2.45, 2.75) is 25.9 Å². The Morgan fingerprint density at radius 3 is 2.71 bits per heavy atom. The van der Waals surface area contributed by atoms with Gasteiger partial charge in [-0.15, -0.1) is 11.3 Å². The van der Waals surface area contributed by atoms with Gasteiger partial charge in [0.1, 0.15) is 16.5 Å². The molecule has 2 aliphatic heterocycles. The lowest BCUT2D eigenvalue weighted by atomic mass is 10.1. The molecule has 0 amide bonds. The first-order valence-corrected chi connectivity index (χ1v) is 12.2. The summed E-state index contributed by atoms with van der Waals surface area (Å²) < 4.78 is 5.52. The minimum atomic E-state index is 0.580. The van der Waals surface area contributed by atoms with Crippen LogP contribution >= 0.6 is 11.3 Å². The summed E-state index contributed by atoms with van der Waals surface area (Å²) in [5, 5.41) is 3.46. The van der Waals surface area contributed by atoms with Crippen LogP contribution in [-0.2, 0) is 11.3 Å². The third-order valence-corrected chi connectivity index (χ3v) is 7.47. The number of hydrogen-bond donors (Lipinski definition) is 0. The maximum absolute atomic E-state index is 5.52. The van der Waals surface area contributed by atoms with Gasteiger partial charge in [0.25, 0.3) is 0 Å². The number of aromatic nitrogens is 2. The van der Waals surface area contributed by atoms with Gasteiger partial charge in [-0.1, -0.05) is 37.3 Å². The van der Waals surface area contributed by atoms with Crippen molar-refractivity contribution in [2.75, 3.05) is 57.9 Å². The van der Waals surface area contributed by atoms with Crippen molar-refractivity contribution in [3.63, 3.8) is 0 Å². The van der Waals surface area contributed by atoms with Crippen molar-refractivity contribution in [1.29, 1.82) is 0 Å². The fourth-order valence-corrected chi connectivity index (χ4v) is 5.57. The maximum atomic E-state index is 5.52. The molecule has 1 unspecified atom stereocenters. The Kier molecular flexibility index (Phi) is 6.18. The Morgan fingerprint density at radius 1 is 1.13 bits per heavy atom. The van der Waals surface area contributed by atoms with E-state index in [1.54, 1.807) is 11.3 Å². The van der Waals surface area contributed by atoms with Crippen molar-refractivity contribution in [1.82, 2.24) is 19.8 Å². The summed E-state index contributed by atoms with van der Waals surface area (Å²) in [6, 6.07) is 11.2. The average Bonchev–Trinajstić information content (AvgIpc) is 3.47.